The number of nitrogens with one attached hydrogen (secondary N) is 1. The minimum atomic E-state index is -0.508. The van der Waals surface area contributed by atoms with Crippen LogP contribution in [0.15, 0.2) is 47.3 Å². The number of nitrogens with zero attached hydrogens (tertiary/aromatic N) is 2. The molecular formula is C21H22FN3O3. The molecule has 6 nitrogen and oxygen atoms in total. The number of halogens is 1. The van der Waals surface area contributed by atoms with Crippen molar-refractivity contribution in [1.82, 2.24) is 15.1 Å². The van der Waals surface area contributed by atoms with E-state index in [1.807, 2.05) is 0 Å². The van der Waals surface area contributed by atoms with Crippen LogP contribution in [0.3, 0.4) is 0 Å². The fourth-order valence-electron chi connectivity index (χ4n) is 4.10. The van der Waals surface area contributed by atoms with Gasteiger partial charge in [0.15, 0.2) is 0 Å². The molecule has 0 spiro atoms. The number of ether oxygens (including phenoxy) is 1. The number of allylic oxidation sites excluding steroid dienone is 2. The highest BCUT2D eigenvalue weighted by molar-refractivity contribution is 5.75. The Hall–Kier alpha value is -2.96. The molecule has 1 fully saturated rings. The van der Waals surface area contributed by atoms with E-state index in [1.54, 1.807) is 6.07 Å². The molecule has 1 aromatic heterocycles. The summed E-state index contributed by atoms with van der Waals surface area (Å²) in [6.07, 6.45) is 6.78. The third kappa shape index (κ3) is 3.69. The van der Waals surface area contributed by atoms with E-state index in [0.717, 1.165) is 11.1 Å². The zero-order chi connectivity index (χ0) is 19.7. The average molecular weight is 383 g/mol. The summed E-state index contributed by atoms with van der Waals surface area (Å²) < 4.78 is 20.4. The molecule has 0 aliphatic heterocycles. The molecule has 1 saturated carbocycles. The minimum Gasteiger partial charge on any atom is -0.497 e. The van der Waals surface area contributed by atoms with Crippen molar-refractivity contribution in [3.63, 3.8) is 0 Å². The molecule has 1 heterocycles. The van der Waals surface area contributed by atoms with Crippen LogP contribution in [-0.4, -0.2) is 29.3 Å². The maximum absolute atomic E-state index is 14.3. The van der Waals surface area contributed by atoms with Crippen LogP contribution in [0.1, 0.15) is 12.8 Å². The number of benzene rings is 1. The first kappa shape index (κ1) is 18.4. The van der Waals surface area contributed by atoms with Gasteiger partial charge in [-0.25, -0.2) is 9.07 Å². The summed E-state index contributed by atoms with van der Waals surface area (Å²) in [5.41, 5.74) is 0.116. The van der Waals surface area contributed by atoms with Crippen LogP contribution in [0, 0.1) is 23.6 Å². The highest BCUT2D eigenvalue weighted by Crippen LogP contribution is 2.42. The second-order valence-corrected chi connectivity index (χ2v) is 7.40. The Morgan fingerprint density at radius 2 is 2.14 bits per heavy atom. The van der Waals surface area contributed by atoms with Gasteiger partial charge in [0.1, 0.15) is 18.1 Å². The lowest BCUT2D eigenvalue weighted by Gasteiger charge is -2.18. The Labute approximate surface area is 162 Å². The number of methoxy groups -OCH3 is 1. The van der Waals surface area contributed by atoms with Crippen molar-refractivity contribution >= 4 is 5.91 Å². The first-order valence-electron chi connectivity index (χ1n) is 9.40. The van der Waals surface area contributed by atoms with E-state index in [9.17, 15) is 14.0 Å². The van der Waals surface area contributed by atoms with Crippen molar-refractivity contribution < 1.29 is 13.9 Å². The molecule has 0 saturated heterocycles. The zero-order valence-corrected chi connectivity index (χ0v) is 15.6. The molecule has 28 heavy (non-hydrogen) atoms. The largest absolute Gasteiger partial charge is 0.497 e. The lowest BCUT2D eigenvalue weighted by molar-refractivity contribution is -0.122. The topological polar surface area (TPSA) is 73.2 Å². The third-order valence-electron chi connectivity index (χ3n) is 5.59. The third-order valence-corrected chi connectivity index (χ3v) is 5.59. The number of carbonyl (C=O) groups excluding carboxylic acids is 1. The van der Waals surface area contributed by atoms with Gasteiger partial charge >= 0.3 is 0 Å². The van der Waals surface area contributed by atoms with E-state index < -0.39 is 11.4 Å². The fraction of sp³-hybridized carbons (Fsp3) is 0.381. The number of aromatic nitrogens is 2. The minimum absolute atomic E-state index is 0.193. The van der Waals surface area contributed by atoms with E-state index in [0.29, 0.717) is 30.0 Å². The first-order valence-corrected chi connectivity index (χ1v) is 9.40. The summed E-state index contributed by atoms with van der Waals surface area (Å²) in [7, 11) is 1.46. The second kappa shape index (κ2) is 7.58. The highest BCUT2D eigenvalue weighted by Gasteiger charge is 2.35. The summed E-state index contributed by atoms with van der Waals surface area (Å²) in [4.78, 5) is 24.4. The first-order chi connectivity index (χ1) is 13.5. The number of rotatable bonds is 6. The molecule has 0 radical (unpaired) electrons. The molecule has 2 aliphatic rings. The standard InChI is InChI=1S/C21H22FN3O3/c1-28-16-4-5-17(18(22)10-16)19-6-7-21(27)25(24-19)12-20(26)23-11-15-9-13-2-3-14(15)8-13/h2-7,10,13-15H,8-9,11-12H2,1H3,(H,23,26)/t13-,14+,15+/m0/s1. The van der Waals surface area contributed by atoms with Crippen LogP contribution in [0.25, 0.3) is 11.3 Å². The van der Waals surface area contributed by atoms with Gasteiger partial charge in [0.25, 0.3) is 5.56 Å². The molecule has 7 heteroatoms. The van der Waals surface area contributed by atoms with Gasteiger partial charge in [0.2, 0.25) is 5.91 Å². The summed E-state index contributed by atoms with van der Waals surface area (Å²) >= 11 is 0. The van der Waals surface area contributed by atoms with Crippen molar-refractivity contribution in [2.75, 3.05) is 13.7 Å². The monoisotopic (exact) mass is 383 g/mol. The zero-order valence-electron chi connectivity index (χ0n) is 15.6. The Morgan fingerprint density at radius 3 is 2.82 bits per heavy atom. The van der Waals surface area contributed by atoms with Crippen LogP contribution >= 0.6 is 0 Å². The van der Waals surface area contributed by atoms with Crippen LogP contribution in [0.2, 0.25) is 0 Å². The Morgan fingerprint density at radius 1 is 1.29 bits per heavy atom. The van der Waals surface area contributed by atoms with E-state index in [1.165, 1.54) is 37.8 Å². The molecule has 1 aromatic carbocycles. The van der Waals surface area contributed by atoms with Crippen molar-refractivity contribution in [3.05, 3.63) is 58.7 Å². The second-order valence-electron chi connectivity index (χ2n) is 7.40. The van der Waals surface area contributed by atoms with E-state index in [2.05, 4.69) is 22.6 Å². The summed E-state index contributed by atoms with van der Waals surface area (Å²) in [6.45, 7) is 0.410. The maximum atomic E-state index is 14.3. The van der Waals surface area contributed by atoms with E-state index >= 15 is 0 Å². The van der Waals surface area contributed by atoms with Gasteiger partial charge in [-0.2, -0.15) is 5.10 Å². The maximum Gasteiger partial charge on any atom is 0.267 e. The number of hydrogen-bond acceptors (Lipinski definition) is 4. The van der Waals surface area contributed by atoms with Gasteiger partial charge in [-0.3, -0.25) is 9.59 Å². The lowest BCUT2D eigenvalue weighted by Crippen LogP contribution is -2.36. The molecule has 4 rings (SSSR count). The summed E-state index contributed by atoms with van der Waals surface area (Å²) in [6, 6.07) is 7.15. The summed E-state index contributed by atoms with van der Waals surface area (Å²) in [5.74, 6) is 1.27. The Kier molecular flexibility index (Phi) is 4.98. The molecule has 2 aromatic rings. The molecular weight excluding hydrogens is 361 g/mol. The predicted octanol–water partition coefficient (Wildman–Crippen LogP) is 2.39. The van der Waals surface area contributed by atoms with Gasteiger partial charge in [-0.1, -0.05) is 12.2 Å². The van der Waals surface area contributed by atoms with Crippen LogP contribution in [0.4, 0.5) is 4.39 Å². The van der Waals surface area contributed by atoms with Crippen molar-refractivity contribution in [1.29, 1.82) is 0 Å². The number of carbonyl (C=O) groups is 1. The SMILES string of the molecule is COc1ccc(-c2ccc(=O)n(CC(=O)NC[C@H]3C[C@H]4C=C[C@@H]3C4)n2)c(F)c1. The van der Waals surface area contributed by atoms with Gasteiger partial charge in [0, 0.05) is 24.2 Å². The number of hydrogen-bond donors (Lipinski definition) is 1. The van der Waals surface area contributed by atoms with Gasteiger partial charge in [0.05, 0.1) is 12.8 Å². The average Bonchev–Trinajstić information content (AvgIpc) is 3.31. The fourth-order valence-corrected chi connectivity index (χ4v) is 4.10. The highest BCUT2D eigenvalue weighted by atomic mass is 19.1. The van der Waals surface area contributed by atoms with Crippen LogP contribution < -0.4 is 15.6 Å². The predicted molar refractivity (Wildman–Crippen MR) is 102 cm³/mol. The molecule has 2 aliphatic carbocycles. The molecule has 1 N–H and O–H groups in total. The molecule has 2 bridgehead atoms. The van der Waals surface area contributed by atoms with E-state index in [4.69, 9.17) is 4.74 Å². The van der Waals surface area contributed by atoms with Crippen molar-refractivity contribution in [3.8, 4) is 17.0 Å². The smallest absolute Gasteiger partial charge is 0.267 e. The lowest BCUT2D eigenvalue weighted by atomic mass is 9.94. The number of fused-ring (bicyclic) bond motifs is 2. The van der Waals surface area contributed by atoms with Gasteiger partial charge in [-0.15, -0.1) is 0 Å². The van der Waals surface area contributed by atoms with Crippen LogP contribution in [0.5, 0.6) is 5.75 Å². The molecule has 0 unspecified atom stereocenters. The molecule has 146 valence electrons. The molecule has 3 atom stereocenters. The van der Waals surface area contributed by atoms with Crippen molar-refractivity contribution in [2.45, 2.75) is 19.4 Å². The summed E-state index contributed by atoms with van der Waals surface area (Å²) in [5, 5.41) is 7.08. The normalized spacial score (nSPS) is 22.4. The quantitative estimate of drug-likeness (QED) is 0.778. The van der Waals surface area contributed by atoms with E-state index in [-0.39, 0.29) is 23.7 Å². The van der Waals surface area contributed by atoms with Crippen molar-refractivity contribution in [2.24, 2.45) is 17.8 Å². The van der Waals surface area contributed by atoms with Gasteiger partial charge < -0.3 is 10.1 Å². The Balaban J connectivity index is 1.44. The Bertz CT molecular complexity index is 985. The van der Waals surface area contributed by atoms with Gasteiger partial charge in [-0.05, 0) is 48.8 Å². The molecule has 1 amide bonds. The van der Waals surface area contributed by atoms with Crippen LogP contribution in [-0.2, 0) is 11.3 Å². The number of amides is 1.